The Morgan fingerprint density at radius 2 is 1.48 bits per heavy atom. The lowest BCUT2D eigenvalue weighted by Gasteiger charge is -2.09. The second kappa shape index (κ2) is 9.72. The molecule has 1 aliphatic rings. The van der Waals surface area contributed by atoms with Gasteiger partial charge in [-0.25, -0.2) is 0 Å². The molecule has 33 heavy (non-hydrogen) atoms. The minimum absolute atomic E-state index is 0.157. The molecular weight excluding hydrogens is 408 g/mol. The van der Waals surface area contributed by atoms with Crippen molar-refractivity contribution in [2.45, 2.75) is 24.9 Å². The maximum Gasteiger partial charge on any atom is 0.255 e. The van der Waals surface area contributed by atoms with Gasteiger partial charge in [0, 0.05) is 29.8 Å². The van der Waals surface area contributed by atoms with Gasteiger partial charge in [0.2, 0.25) is 0 Å². The predicted molar refractivity (Wildman–Crippen MR) is 132 cm³/mol. The van der Waals surface area contributed by atoms with Gasteiger partial charge in [0.05, 0.1) is 0 Å². The number of hydrogen-bond acceptors (Lipinski definition) is 3. The first-order valence-corrected chi connectivity index (χ1v) is 11.3. The molecule has 0 aromatic heterocycles. The molecule has 1 aliphatic carbocycles. The fourth-order valence-corrected chi connectivity index (χ4v) is 3.98. The molecule has 4 nitrogen and oxygen atoms in total. The molecule has 0 saturated heterocycles. The van der Waals surface area contributed by atoms with Crippen LogP contribution in [0.2, 0.25) is 0 Å². The summed E-state index contributed by atoms with van der Waals surface area (Å²) in [7, 11) is 0. The number of carbonyl (C=O) groups excluding carboxylic acids is 1. The predicted octanol–water partition coefficient (Wildman–Crippen LogP) is 6.38. The Morgan fingerprint density at radius 3 is 2.24 bits per heavy atom. The van der Waals surface area contributed by atoms with Gasteiger partial charge < -0.3 is 15.4 Å². The van der Waals surface area contributed by atoms with Crippen molar-refractivity contribution in [2.75, 3.05) is 5.32 Å². The van der Waals surface area contributed by atoms with Crippen molar-refractivity contribution >= 4 is 11.6 Å². The van der Waals surface area contributed by atoms with E-state index in [-0.39, 0.29) is 5.91 Å². The van der Waals surface area contributed by atoms with Crippen LogP contribution < -0.4 is 15.4 Å². The van der Waals surface area contributed by atoms with Crippen molar-refractivity contribution in [3.8, 4) is 11.5 Å². The Labute approximate surface area is 194 Å². The van der Waals surface area contributed by atoms with Crippen LogP contribution in [0.3, 0.4) is 0 Å². The number of carbonyl (C=O) groups is 1. The second-order valence-electron chi connectivity index (χ2n) is 8.33. The van der Waals surface area contributed by atoms with E-state index < -0.39 is 0 Å². The first-order chi connectivity index (χ1) is 16.2. The molecule has 4 heteroatoms. The van der Waals surface area contributed by atoms with E-state index in [2.05, 4.69) is 47.0 Å². The minimum atomic E-state index is -0.157. The third-order valence-electron chi connectivity index (χ3n) is 5.87. The quantitative estimate of drug-likeness (QED) is 0.338. The summed E-state index contributed by atoms with van der Waals surface area (Å²) in [5, 5.41) is 6.61. The average Bonchev–Trinajstić information content (AvgIpc) is 3.64. The maximum atomic E-state index is 12.7. The summed E-state index contributed by atoms with van der Waals surface area (Å²) in [4.78, 5) is 12.7. The summed E-state index contributed by atoms with van der Waals surface area (Å²) >= 11 is 0. The SMILES string of the molecule is O=C(Nc1ccc(C2CC2NCc2ccccc2)cc1)c1cccc(Oc2ccccc2)c1. The van der Waals surface area contributed by atoms with E-state index in [1.165, 1.54) is 11.1 Å². The number of rotatable bonds is 8. The van der Waals surface area contributed by atoms with Gasteiger partial charge >= 0.3 is 0 Å². The van der Waals surface area contributed by atoms with Crippen LogP contribution >= 0.6 is 0 Å². The van der Waals surface area contributed by atoms with Crippen LogP contribution in [0, 0.1) is 0 Å². The van der Waals surface area contributed by atoms with Crippen LogP contribution in [0.4, 0.5) is 5.69 Å². The van der Waals surface area contributed by atoms with Crippen LogP contribution in [0.15, 0.2) is 109 Å². The highest BCUT2D eigenvalue weighted by Crippen LogP contribution is 2.41. The molecule has 0 bridgehead atoms. The Balaban J connectivity index is 1.15. The van der Waals surface area contributed by atoms with E-state index in [0.717, 1.165) is 24.4 Å². The Morgan fingerprint density at radius 1 is 0.788 bits per heavy atom. The van der Waals surface area contributed by atoms with Gasteiger partial charge in [-0.1, -0.05) is 66.7 Å². The summed E-state index contributed by atoms with van der Waals surface area (Å²) in [6.07, 6.45) is 1.15. The van der Waals surface area contributed by atoms with E-state index in [1.54, 1.807) is 12.1 Å². The third-order valence-corrected chi connectivity index (χ3v) is 5.87. The van der Waals surface area contributed by atoms with E-state index >= 15 is 0 Å². The zero-order valence-electron chi connectivity index (χ0n) is 18.3. The van der Waals surface area contributed by atoms with Gasteiger partial charge in [0.1, 0.15) is 11.5 Å². The summed E-state index contributed by atoms with van der Waals surface area (Å²) in [6, 6.07) is 35.9. The van der Waals surface area contributed by atoms with Crippen LogP contribution in [0.1, 0.15) is 33.8 Å². The number of ether oxygens (including phenoxy) is 1. The first kappa shape index (κ1) is 21.0. The van der Waals surface area contributed by atoms with Crippen LogP contribution in [-0.2, 0) is 6.54 Å². The Bertz CT molecular complexity index is 1210. The average molecular weight is 435 g/mol. The molecule has 0 spiro atoms. The van der Waals surface area contributed by atoms with Crippen molar-refractivity contribution in [3.63, 3.8) is 0 Å². The topological polar surface area (TPSA) is 50.4 Å². The lowest BCUT2D eigenvalue weighted by Crippen LogP contribution is -2.17. The third kappa shape index (κ3) is 5.48. The molecule has 164 valence electrons. The van der Waals surface area contributed by atoms with Crippen molar-refractivity contribution < 1.29 is 9.53 Å². The fraction of sp³-hybridized carbons (Fsp3) is 0.138. The van der Waals surface area contributed by atoms with Gasteiger partial charge in [0.15, 0.2) is 0 Å². The number of para-hydroxylation sites is 1. The standard InChI is InChI=1S/C29H26N2O2/c32-29(23-10-7-13-26(18-23)33-25-11-5-2-6-12-25)31-24-16-14-22(15-17-24)27-19-28(27)30-20-21-8-3-1-4-9-21/h1-18,27-28,30H,19-20H2,(H,31,32). The summed E-state index contributed by atoms with van der Waals surface area (Å²) < 4.78 is 5.84. The van der Waals surface area contributed by atoms with Gasteiger partial charge in [0.25, 0.3) is 5.91 Å². The van der Waals surface area contributed by atoms with Gasteiger partial charge in [-0.3, -0.25) is 4.79 Å². The number of hydrogen-bond donors (Lipinski definition) is 2. The molecule has 1 saturated carbocycles. The highest BCUT2D eigenvalue weighted by atomic mass is 16.5. The number of nitrogens with one attached hydrogen (secondary N) is 2. The second-order valence-corrected chi connectivity index (χ2v) is 8.33. The van der Waals surface area contributed by atoms with Crippen molar-refractivity contribution in [2.24, 2.45) is 0 Å². The Kier molecular flexibility index (Phi) is 6.18. The summed E-state index contributed by atoms with van der Waals surface area (Å²) in [5.41, 5.74) is 3.95. The van der Waals surface area contributed by atoms with Gasteiger partial charge in [-0.05, 0) is 60.0 Å². The molecule has 2 atom stereocenters. The lowest BCUT2D eigenvalue weighted by atomic mass is 10.1. The normalized spacial score (nSPS) is 16.7. The summed E-state index contributed by atoms with van der Waals surface area (Å²) in [6.45, 7) is 0.892. The molecule has 4 aromatic rings. The molecule has 0 radical (unpaired) electrons. The monoisotopic (exact) mass is 434 g/mol. The van der Waals surface area contributed by atoms with E-state index in [1.807, 2.05) is 60.7 Å². The van der Waals surface area contributed by atoms with E-state index in [9.17, 15) is 4.79 Å². The maximum absolute atomic E-state index is 12.7. The van der Waals surface area contributed by atoms with Gasteiger partial charge in [-0.15, -0.1) is 0 Å². The molecule has 0 aliphatic heterocycles. The number of anilines is 1. The van der Waals surface area contributed by atoms with Crippen LogP contribution in [-0.4, -0.2) is 11.9 Å². The number of amides is 1. The largest absolute Gasteiger partial charge is 0.457 e. The highest BCUT2D eigenvalue weighted by molar-refractivity contribution is 6.04. The molecule has 2 N–H and O–H groups in total. The minimum Gasteiger partial charge on any atom is -0.457 e. The zero-order chi connectivity index (χ0) is 22.5. The first-order valence-electron chi connectivity index (χ1n) is 11.3. The molecule has 1 amide bonds. The van der Waals surface area contributed by atoms with Crippen molar-refractivity contribution in [1.82, 2.24) is 5.32 Å². The molecule has 5 rings (SSSR count). The molecule has 1 fully saturated rings. The van der Waals surface area contributed by atoms with Crippen molar-refractivity contribution in [3.05, 3.63) is 126 Å². The van der Waals surface area contributed by atoms with Crippen LogP contribution in [0.25, 0.3) is 0 Å². The lowest BCUT2D eigenvalue weighted by molar-refractivity contribution is 0.102. The highest BCUT2D eigenvalue weighted by Gasteiger charge is 2.37. The molecule has 4 aromatic carbocycles. The number of benzene rings is 4. The molecule has 2 unspecified atom stereocenters. The van der Waals surface area contributed by atoms with E-state index in [4.69, 9.17) is 4.74 Å². The zero-order valence-corrected chi connectivity index (χ0v) is 18.3. The van der Waals surface area contributed by atoms with E-state index in [0.29, 0.717) is 23.3 Å². The van der Waals surface area contributed by atoms with Crippen molar-refractivity contribution in [1.29, 1.82) is 0 Å². The Hall–Kier alpha value is -3.89. The van der Waals surface area contributed by atoms with Crippen LogP contribution in [0.5, 0.6) is 11.5 Å². The smallest absolute Gasteiger partial charge is 0.255 e. The summed E-state index contributed by atoms with van der Waals surface area (Å²) in [5.74, 6) is 1.75. The fourth-order valence-electron chi connectivity index (χ4n) is 3.98. The molecule has 0 heterocycles. The molecular formula is C29H26N2O2. The van der Waals surface area contributed by atoms with Gasteiger partial charge in [-0.2, -0.15) is 0 Å².